The van der Waals surface area contributed by atoms with Gasteiger partial charge in [-0.15, -0.1) is 24.8 Å². The number of piperazine rings is 1. The lowest BCUT2D eigenvalue weighted by molar-refractivity contribution is -0.136. The summed E-state index contributed by atoms with van der Waals surface area (Å²) in [6.45, 7) is 8.04. The zero-order chi connectivity index (χ0) is 13.1. The van der Waals surface area contributed by atoms with E-state index in [1.54, 1.807) is 0 Å². The van der Waals surface area contributed by atoms with Crippen LogP contribution >= 0.6 is 24.8 Å². The fraction of sp³-hybridized carbons (Fsp3) is 0.923. The average molecular weight is 328 g/mol. The molecule has 3 atom stereocenters. The highest BCUT2D eigenvalue weighted by molar-refractivity contribution is 5.85. The van der Waals surface area contributed by atoms with Gasteiger partial charge in [-0.1, -0.05) is 0 Å². The van der Waals surface area contributed by atoms with Crippen molar-refractivity contribution < 1.29 is 9.90 Å². The molecule has 0 aromatic carbocycles. The topological polar surface area (TPSA) is 55.8 Å². The van der Waals surface area contributed by atoms with E-state index in [1.807, 2.05) is 11.8 Å². The Morgan fingerprint density at radius 2 is 2.10 bits per heavy atom. The monoisotopic (exact) mass is 327 g/mol. The third-order valence-electron chi connectivity index (χ3n) is 3.93. The van der Waals surface area contributed by atoms with Crippen LogP contribution in [0.1, 0.15) is 26.7 Å². The van der Waals surface area contributed by atoms with E-state index in [-0.39, 0.29) is 42.9 Å². The van der Waals surface area contributed by atoms with Crippen molar-refractivity contribution in [3.63, 3.8) is 0 Å². The molecule has 2 rings (SSSR count). The minimum Gasteiger partial charge on any atom is -0.392 e. The van der Waals surface area contributed by atoms with Crippen molar-refractivity contribution in [1.29, 1.82) is 0 Å². The van der Waals surface area contributed by atoms with Crippen LogP contribution in [0.15, 0.2) is 0 Å². The van der Waals surface area contributed by atoms with E-state index in [0.29, 0.717) is 12.6 Å². The summed E-state index contributed by atoms with van der Waals surface area (Å²) in [7, 11) is 0. The summed E-state index contributed by atoms with van der Waals surface area (Å²) in [6.07, 6.45) is 1.78. The molecule has 5 nitrogen and oxygen atoms in total. The molecule has 2 heterocycles. The number of aliphatic hydroxyl groups excluding tert-OH is 1. The number of β-amino-alcohol motifs (C(OH)–C–C–N with tert-alkyl or cyclic N) is 1. The van der Waals surface area contributed by atoms with Gasteiger partial charge in [0.05, 0.1) is 12.1 Å². The second kappa shape index (κ2) is 9.05. The Kier molecular flexibility index (Phi) is 9.02. The van der Waals surface area contributed by atoms with Crippen molar-refractivity contribution >= 4 is 30.7 Å². The Morgan fingerprint density at radius 1 is 1.40 bits per heavy atom. The van der Waals surface area contributed by atoms with Gasteiger partial charge < -0.3 is 15.3 Å². The molecule has 3 unspecified atom stereocenters. The minimum atomic E-state index is -0.300. The SMILES string of the molecule is CC(O)CN1CCN(C(=O)C2CCCN2)CC1C.Cl.Cl. The molecule has 0 radical (unpaired) electrons. The zero-order valence-electron chi connectivity index (χ0n) is 12.2. The summed E-state index contributed by atoms with van der Waals surface area (Å²) in [5.41, 5.74) is 0. The standard InChI is InChI=1S/C13H25N3O2.2ClH/c1-10-8-16(7-6-15(10)9-11(2)17)13(18)12-4-3-5-14-12;;/h10-12,14,17H,3-9H2,1-2H3;2*1H. The first kappa shape index (κ1) is 19.9. The number of aliphatic hydroxyl groups is 1. The van der Waals surface area contributed by atoms with Gasteiger partial charge in [-0.2, -0.15) is 0 Å². The number of carbonyl (C=O) groups is 1. The number of amides is 1. The number of carbonyl (C=O) groups excluding carboxylic acids is 1. The highest BCUT2D eigenvalue weighted by atomic mass is 35.5. The largest absolute Gasteiger partial charge is 0.392 e. The highest BCUT2D eigenvalue weighted by Crippen LogP contribution is 2.14. The lowest BCUT2D eigenvalue weighted by Crippen LogP contribution is -2.57. The fourth-order valence-corrected chi connectivity index (χ4v) is 2.92. The van der Waals surface area contributed by atoms with E-state index in [0.717, 1.165) is 39.0 Å². The second-order valence-electron chi connectivity index (χ2n) is 5.63. The molecule has 7 heteroatoms. The van der Waals surface area contributed by atoms with Crippen molar-refractivity contribution in [2.45, 2.75) is 44.9 Å². The summed E-state index contributed by atoms with van der Waals surface area (Å²) in [6, 6.07) is 0.374. The van der Waals surface area contributed by atoms with Gasteiger partial charge in [0, 0.05) is 32.2 Å². The summed E-state index contributed by atoms with van der Waals surface area (Å²) in [5.74, 6) is 0.260. The maximum Gasteiger partial charge on any atom is 0.239 e. The van der Waals surface area contributed by atoms with Crippen molar-refractivity contribution in [3.05, 3.63) is 0 Å². The first-order valence-corrected chi connectivity index (χ1v) is 7.02. The normalized spacial score (nSPS) is 28.4. The smallest absolute Gasteiger partial charge is 0.239 e. The number of halogens is 2. The quantitative estimate of drug-likeness (QED) is 0.792. The van der Waals surface area contributed by atoms with E-state index in [2.05, 4.69) is 17.1 Å². The highest BCUT2D eigenvalue weighted by Gasteiger charge is 2.31. The molecule has 2 aliphatic rings. The van der Waals surface area contributed by atoms with E-state index >= 15 is 0 Å². The van der Waals surface area contributed by atoms with Crippen molar-refractivity contribution in [1.82, 2.24) is 15.1 Å². The molecule has 0 aromatic heterocycles. The molecular formula is C13H27Cl2N3O2. The number of hydrogen-bond acceptors (Lipinski definition) is 4. The van der Waals surface area contributed by atoms with Gasteiger partial charge >= 0.3 is 0 Å². The van der Waals surface area contributed by atoms with Crippen LogP contribution in [0.3, 0.4) is 0 Å². The van der Waals surface area contributed by atoms with Crippen molar-refractivity contribution in [2.75, 3.05) is 32.7 Å². The van der Waals surface area contributed by atoms with Gasteiger partial charge in [0.1, 0.15) is 0 Å². The van der Waals surface area contributed by atoms with Gasteiger partial charge in [-0.3, -0.25) is 9.69 Å². The lowest BCUT2D eigenvalue weighted by Gasteiger charge is -2.41. The average Bonchev–Trinajstić information content (AvgIpc) is 2.84. The van der Waals surface area contributed by atoms with Crippen molar-refractivity contribution in [3.8, 4) is 0 Å². The molecule has 1 amide bonds. The fourth-order valence-electron chi connectivity index (χ4n) is 2.92. The van der Waals surface area contributed by atoms with Crippen LogP contribution in [0.25, 0.3) is 0 Å². The maximum absolute atomic E-state index is 12.3. The Hall–Kier alpha value is -0.0700. The van der Waals surface area contributed by atoms with Gasteiger partial charge in [-0.25, -0.2) is 0 Å². The van der Waals surface area contributed by atoms with Crippen LogP contribution in [0.4, 0.5) is 0 Å². The van der Waals surface area contributed by atoms with E-state index in [4.69, 9.17) is 0 Å². The summed E-state index contributed by atoms with van der Waals surface area (Å²) < 4.78 is 0. The molecule has 0 aromatic rings. The van der Waals surface area contributed by atoms with Gasteiger partial charge in [0.2, 0.25) is 5.91 Å². The summed E-state index contributed by atoms with van der Waals surface area (Å²) in [5, 5.41) is 12.7. The molecule has 120 valence electrons. The van der Waals surface area contributed by atoms with Gasteiger partial charge in [0.25, 0.3) is 0 Å². The molecular weight excluding hydrogens is 301 g/mol. The van der Waals surface area contributed by atoms with Gasteiger partial charge in [-0.05, 0) is 33.2 Å². The van der Waals surface area contributed by atoms with Crippen LogP contribution < -0.4 is 5.32 Å². The summed E-state index contributed by atoms with van der Waals surface area (Å²) in [4.78, 5) is 16.5. The molecule has 0 aliphatic carbocycles. The van der Waals surface area contributed by atoms with Crippen LogP contribution in [0.2, 0.25) is 0 Å². The van der Waals surface area contributed by atoms with Crippen LogP contribution in [0, 0.1) is 0 Å². The minimum absolute atomic E-state index is 0. The van der Waals surface area contributed by atoms with Gasteiger partial charge in [0.15, 0.2) is 0 Å². The number of rotatable bonds is 3. The number of nitrogens with zero attached hydrogens (tertiary/aromatic N) is 2. The van der Waals surface area contributed by atoms with Crippen LogP contribution in [-0.2, 0) is 4.79 Å². The third-order valence-corrected chi connectivity index (χ3v) is 3.93. The molecule has 0 spiro atoms. The predicted octanol–water partition coefficient (Wildman–Crippen LogP) is 0.495. The Balaban J connectivity index is 0.00000180. The maximum atomic E-state index is 12.3. The second-order valence-corrected chi connectivity index (χ2v) is 5.63. The molecule has 0 bridgehead atoms. The lowest BCUT2D eigenvalue weighted by atomic mass is 10.1. The van der Waals surface area contributed by atoms with E-state index in [9.17, 15) is 9.90 Å². The molecule has 0 saturated carbocycles. The van der Waals surface area contributed by atoms with E-state index in [1.165, 1.54) is 0 Å². The molecule has 20 heavy (non-hydrogen) atoms. The third kappa shape index (κ3) is 5.04. The number of nitrogens with one attached hydrogen (secondary N) is 1. The molecule has 2 aliphatic heterocycles. The van der Waals surface area contributed by atoms with Crippen LogP contribution in [-0.4, -0.2) is 71.7 Å². The first-order valence-electron chi connectivity index (χ1n) is 7.02. The van der Waals surface area contributed by atoms with Crippen molar-refractivity contribution in [2.24, 2.45) is 0 Å². The molecule has 2 fully saturated rings. The first-order chi connectivity index (χ1) is 8.58. The number of hydrogen-bond donors (Lipinski definition) is 2. The Labute approximate surface area is 133 Å². The Morgan fingerprint density at radius 3 is 2.60 bits per heavy atom. The predicted molar refractivity (Wildman–Crippen MR) is 84.8 cm³/mol. The molecule has 2 N–H and O–H groups in total. The van der Waals surface area contributed by atoms with E-state index < -0.39 is 0 Å². The summed E-state index contributed by atoms with van der Waals surface area (Å²) >= 11 is 0. The Bertz CT molecular complexity index is 299. The zero-order valence-corrected chi connectivity index (χ0v) is 13.9. The van der Waals surface area contributed by atoms with Crippen LogP contribution in [0.5, 0.6) is 0 Å². The molecule has 2 saturated heterocycles.